The van der Waals surface area contributed by atoms with E-state index in [1.54, 1.807) is 0 Å². The van der Waals surface area contributed by atoms with E-state index in [9.17, 15) is 0 Å². The molecule has 1 unspecified atom stereocenters. The van der Waals surface area contributed by atoms with Gasteiger partial charge in [-0.05, 0) is 81.2 Å². The summed E-state index contributed by atoms with van der Waals surface area (Å²) < 4.78 is 7.96. The molecule has 1 fully saturated rings. The maximum absolute atomic E-state index is 6.01. The molecule has 0 amide bonds. The maximum atomic E-state index is 6.01. The monoisotopic (exact) mass is 389 g/mol. The lowest BCUT2D eigenvalue weighted by Gasteiger charge is -2.25. The van der Waals surface area contributed by atoms with Crippen LogP contribution in [0.4, 0.5) is 0 Å². The minimum Gasteiger partial charge on any atom is -0.491 e. The molecule has 4 heteroatoms. The Morgan fingerprint density at radius 3 is 2.42 bits per heavy atom. The third-order valence-electron chi connectivity index (χ3n) is 3.77. The molecular weight excluding hydrogens is 370 g/mol. The van der Waals surface area contributed by atoms with Gasteiger partial charge in [-0.3, -0.25) is 0 Å². The van der Waals surface area contributed by atoms with Gasteiger partial charge in [0.25, 0.3) is 0 Å². The number of rotatable bonds is 6. The second-order valence-electron chi connectivity index (χ2n) is 5.37. The zero-order chi connectivity index (χ0) is 13.8. The van der Waals surface area contributed by atoms with Gasteiger partial charge in [0.2, 0.25) is 0 Å². The van der Waals surface area contributed by atoms with Crippen LogP contribution in [0.15, 0.2) is 21.1 Å². The molecule has 1 aliphatic rings. The maximum Gasteiger partial charge on any atom is 0.147 e. The van der Waals surface area contributed by atoms with Crippen molar-refractivity contribution in [3.8, 4) is 5.75 Å². The van der Waals surface area contributed by atoms with Crippen molar-refractivity contribution < 1.29 is 4.74 Å². The Morgan fingerprint density at radius 1 is 1.32 bits per heavy atom. The summed E-state index contributed by atoms with van der Waals surface area (Å²) in [5.41, 5.74) is 7.25. The normalized spacial score (nSPS) is 17.1. The molecule has 1 aromatic rings. The largest absolute Gasteiger partial charge is 0.491 e. The highest BCUT2D eigenvalue weighted by atomic mass is 79.9. The van der Waals surface area contributed by atoms with Gasteiger partial charge >= 0.3 is 0 Å². The van der Waals surface area contributed by atoms with Crippen molar-refractivity contribution in [3.05, 3.63) is 26.6 Å². The predicted molar refractivity (Wildman–Crippen MR) is 86.6 cm³/mol. The van der Waals surface area contributed by atoms with Crippen molar-refractivity contribution in [1.29, 1.82) is 0 Å². The molecule has 106 valence electrons. The number of ether oxygens (including phenoxy) is 1. The molecule has 0 aromatic heterocycles. The van der Waals surface area contributed by atoms with Crippen LogP contribution in [0.3, 0.4) is 0 Å². The fourth-order valence-electron chi connectivity index (χ4n) is 2.18. The molecule has 0 radical (unpaired) electrons. The minimum absolute atomic E-state index is 0.223. The first-order valence-corrected chi connectivity index (χ1v) is 8.55. The number of hydrogen-bond donors (Lipinski definition) is 1. The van der Waals surface area contributed by atoms with Crippen LogP contribution in [-0.4, -0.2) is 12.6 Å². The third-order valence-corrected chi connectivity index (χ3v) is 4.95. The molecule has 2 rings (SSSR count). The summed E-state index contributed by atoms with van der Waals surface area (Å²) in [6.07, 6.45) is 5.85. The Labute approximate surface area is 132 Å². The molecular formula is C15H21Br2NO. The predicted octanol–water partition coefficient (Wildman–Crippen LogP) is 4.67. The van der Waals surface area contributed by atoms with Gasteiger partial charge in [0.05, 0.1) is 15.6 Å². The first-order valence-electron chi connectivity index (χ1n) is 6.96. The van der Waals surface area contributed by atoms with E-state index in [0.29, 0.717) is 0 Å². The van der Waals surface area contributed by atoms with Crippen LogP contribution in [-0.2, 0) is 6.42 Å². The van der Waals surface area contributed by atoms with E-state index in [1.165, 1.54) is 24.8 Å². The molecule has 0 bridgehead atoms. The zero-order valence-corrected chi connectivity index (χ0v) is 14.5. The standard InChI is InChI=1S/C15H21Br2NO/c1-2-12(18)6-11-7-13(16)15(14(17)8-11)19-9-10-4-3-5-10/h7-8,10,12H,2-6,9,18H2,1H3. The lowest BCUT2D eigenvalue weighted by Crippen LogP contribution is -2.21. The van der Waals surface area contributed by atoms with Crippen molar-refractivity contribution in [2.24, 2.45) is 11.7 Å². The Hall–Kier alpha value is -0.0600. The fraction of sp³-hybridized carbons (Fsp3) is 0.600. The van der Waals surface area contributed by atoms with E-state index < -0.39 is 0 Å². The van der Waals surface area contributed by atoms with Gasteiger partial charge in [-0.25, -0.2) is 0 Å². The molecule has 1 saturated carbocycles. The molecule has 0 aliphatic heterocycles. The number of hydrogen-bond acceptors (Lipinski definition) is 2. The molecule has 2 nitrogen and oxygen atoms in total. The van der Waals surface area contributed by atoms with Gasteiger partial charge in [0.1, 0.15) is 5.75 Å². The molecule has 0 heterocycles. The molecule has 1 atom stereocenters. The lowest BCUT2D eigenvalue weighted by molar-refractivity contribution is 0.179. The Bertz CT molecular complexity index is 409. The average Bonchev–Trinajstić information content (AvgIpc) is 2.30. The van der Waals surface area contributed by atoms with Gasteiger partial charge in [0, 0.05) is 6.04 Å². The summed E-state index contributed by atoms with van der Waals surface area (Å²) in [5, 5.41) is 0. The quantitative estimate of drug-likeness (QED) is 0.765. The summed E-state index contributed by atoms with van der Waals surface area (Å²) in [4.78, 5) is 0. The fourth-order valence-corrected chi connectivity index (χ4v) is 3.69. The van der Waals surface area contributed by atoms with Gasteiger partial charge < -0.3 is 10.5 Å². The van der Waals surface area contributed by atoms with Crippen molar-refractivity contribution in [2.45, 2.75) is 45.1 Å². The van der Waals surface area contributed by atoms with E-state index >= 15 is 0 Å². The van der Waals surface area contributed by atoms with Crippen molar-refractivity contribution in [1.82, 2.24) is 0 Å². The first kappa shape index (κ1) is 15.3. The summed E-state index contributed by atoms with van der Waals surface area (Å²) in [6.45, 7) is 2.94. The highest BCUT2D eigenvalue weighted by Crippen LogP contribution is 2.36. The Balaban J connectivity index is 2.03. The summed E-state index contributed by atoms with van der Waals surface area (Å²) in [7, 11) is 0. The smallest absolute Gasteiger partial charge is 0.147 e. The Kier molecular flexibility index (Phi) is 5.72. The highest BCUT2D eigenvalue weighted by Gasteiger charge is 2.19. The van der Waals surface area contributed by atoms with Gasteiger partial charge in [0.15, 0.2) is 0 Å². The van der Waals surface area contributed by atoms with Crippen LogP contribution >= 0.6 is 31.9 Å². The molecule has 2 N–H and O–H groups in total. The van der Waals surface area contributed by atoms with Crippen molar-refractivity contribution in [2.75, 3.05) is 6.61 Å². The molecule has 1 aromatic carbocycles. The van der Waals surface area contributed by atoms with Gasteiger partial charge in [-0.1, -0.05) is 13.3 Å². The molecule has 1 aliphatic carbocycles. The SMILES string of the molecule is CCC(N)Cc1cc(Br)c(OCC2CCC2)c(Br)c1. The molecule has 0 saturated heterocycles. The molecule has 19 heavy (non-hydrogen) atoms. The van der Waals surface area contributed by atoms with E-state index in [-0.39, 0.29) is 6.04 Å². The minimum atomic E-state index is 0.223. The number of halogens is 2. The van der Waals surface area contributed by atoms with E-state index in [4.69, 9.17) is 10.5 Å². The number of nitrogens with two attached hydrogens (primary N) is 1. The zero-order valence-electron chi connectivity index (χ0n) is 11.3. The van der Waals surface area contributed by atoms with Crippen LogP contribution < -0.4 is 10.5 Å². The lowest BCUT2D eigenvalue weighted by atomic mass is 9.86. The van der Waals surface area contributed by atoms with Crippen LogP contribution in [0.1, 0.15) is 38.2 Å². The first-order chi connectivity index (χ1) is 9.10. The van der Waals surface area contributed by atoms with Crippen LogP contribution in [0, 0.1) is 5.92 Å². The van der Waals surface area contributed by atoms with Crippen LogP contribution in [0.5, 0.6) is 5.75 Å². The summed E-state index contributed by atoms with van der Waals surface area (Å²) >= 11 is 7.21. The second kappa shape index (κ2) is 7.09. The van der Waals surface area contributed by atoms with E-state index in [0.717, 1.165) is 40.1 Å². The Morgan fingerprint density at radius 2 is 1.95 bits per heavy atom. The van der Waals surface area contributed by atoms with Gasteiger partial charge in [-0.15, -0.1) is 0 Å². The van der Waals surface area contributed by atoms with Crippen LogP contribution in [0.25, 0.3) is 0 Å². The topological polar surface area (TPSA) is 35.2 Å². The average molecular weight is 391 g/mol. The van der Waals surface area contributed by atoms with Crippen LogP contribution in [0.2, 0.25) is 0 Å². The van der Waals surface area contributed by atoms with Crippen molar-refractivity contribution >= 4 is 31.9 Å². The summed E-state index contributed by atoms with van der Waals surface area (Å²) in [5.74, 6) is 1.66. The summed E-state index contributed by atoms with van der Waals surface area (Å²) in [6, 6.07) is 4.47. The highest BCUT2D eigenvalue weighted by molar-refractivity contribution is 9.11. The van der Waals surface area contributed by atoms with Crippen molar-refractivity contribution in [3.63, 3.8) is 0 Å². The molecule has 0 spiro atoms. The van der Waals surface area contributed by atoms with E-state index in [2.05, 4.69) is 50.9 Å². The van der Waals surface area contributed by atoms with Gasteiger partial charge in [-0.2, -0.15) is 0 Å². The number of benzene rings is 1. The third kappa shape index (κ3) is 4.20. The second-order valence-corrected chi connectivity index (χ2v) is 7.08. The van der Waals surface area contributed by atoms with E-state index in [1.807, 2.05) is 0 Å².